The van der Waals surface area contributed by atoms with Crippen LogP contribution in [0.1, 0.15) is 48.9 Å². The molecule has 2 rings (SSSR count). The number of hydrogen-bond acceptors (Lipinski definition) is 4. The molecule has 5 nitrogen and oxygen atoms in total. The lowest BCUT2D eigenvalue weighted by atomic mass is 9.89. The lowest BCUT2D eigenvalue weighted by Gasteiger charge is -2.20. The highest BCUT2D eigenvalue weighted by molar-refractivity contribution is 5.97. The SMILES string of the molecule is CC(NC(=O)/C(C#N)=C\NCCCN(C)C)c1ccc2c(c1)CCCC2. The van der Waals surface area contributed by atoms with Gasteiger partial charge < -0.3 is 15.5 Å². The number of fused-ring (bicyclic) bond motifs is 1. The molecule has 0 heterocycles. The van der Waals surface area contributed by atoms with Crippen LogP contribution in [0.5, 0.6) is 0 Å². The highest BCUT2D eigenvalue weighted by atomic mass is 16.1. The summed E-state index contributed by atoms with van der Waals surface area (Å²) >= 11 is 0. The van der Waals surface area contributed by atoms with Crippen molar-refractivity contribution in [1.29, 1.82) is 5.26 Å². The van der Waals surface area contributed by atoms with E-state index < -0.39 is 0 Å². The quantitative estimate of drug-likeness (QED) is 0.428. The number of hydrogen-bond donors (Lipinski definition) is 2. The maximum Gasteiger partial charge on any atom is 0.263 e. The van der Waals surface area contributed by atoms with Gasteiger partial charge in [-0.2, -0.15) is 5.26 Å². The molecule has 0 bridgehead atoms. The number of nitriles is 1. The fourth-order valence-electron chi connectivity index (χ4n) is 3.20. The zero-order valence-corrected chi connectivity index (χ0v) is 16.1. The largest absolute Gasteiger partial charge is 0.390 e. The molecule has 0 spiro atoms. The molecule has 0 aromatic heterocycles. The van der Waals surface area contributed by atoms with Crippen molar-refractivity contribution in [3.8, 4) is 6.07 Å². The number of rotatable bonds is 8. The number of carbonyl (C=O) groups excluding carboxylic acids is 1. The lowest BCUT2D eigenvalue weighted by molar-refractivity contribution is -0.117. The molecule has 26 heavy (non-hydrogen) atoms. The van der Waals surface area contributed by atoms with E-state index in [0.29, 0.717) is 0 Å². The fraction of sp³-hybridized carbons (Fsp3) is 0.524. The van der Waals surface area contributed by atoms with E-state index in [9.17, 15) is 10.1 Å². The van der Waals surface area contributed by atoms with Crippen molar-refractivity contribution >= 4 is 5.91 Å². The predicted molar refractivity (Wildman–Crippen MR) is 105 cm³/mol. The first-order chi connectivity index (χ1) is 12.5. The zero-order valence-electron chi connectivity index (χ0n) is 16.1. The van der Waals surface area contributed by atoms with E-state index in [4.69, 9.17) is 0 Å². The normalized spacial score (nSPS) is 15.1. The van der Waals surface area contributed by atoms with Gasteiger partial charge in [-0.3, -0.25) is 4.79 Å². The minimum Gasteiger partial charge on any atom is -0.390 e. The van der Waals surface area contributed by atoms with E-state index in [1.54, 1.807) is 0 Å². The molecular weight excluding hydrogens is 324 g/mol. The molecule has 1 unspecified atom stereocenters. The molecule has 0 saturated heterocycles. The van der Waals surface area contributed by atoms with E-state index in [2.05, 4.69) is 33.7 Å². The van der Waals surface area contributed by atoms with Crippen molar-refractivity contribution in [2.45, 2.75) is 45.1 Å². The summed E-state index contributed by atoms with van der Waals surface area (Å²) in [6.07, 6.45) is 7.23. The number of carbonyl (C=O) groups is 1. The third kappa shape index (κ3) is 5.89. The smallest absolute Gasteiger partial charge is 0.263 e. The van der Waals surface area contributed by atoms with Gasteiger partial charge in [0.2, 0.25) is 0 Å². The van der Waals surface area contributed by atoms with Crippen LogP contribution in [0.3, 0.4) is 0 Å². The average molecular weight is 354 g/mol. The van der Waals surface area contributed by atoms with E-state index in [-0.39, 0.29) is 17.5 Å². The second-order valence-corrected chi connectivity index (χ2v) is 7.21. The Morgan fingerprint density at radius 1 is 1.31 bits per heavy atom. The molecular formula is C21H30N4O. The number of aryl methyl sites for hydroxylation is 2. The predicted octanol–water partition coefficient (Wildman–Crippen LogP) is 2.69. The maximum atomic E-state index is 12.4. The van der Waals surface area contributed by atoms with Crippen molar-refractivity contribution in [3.05, 3.63) is 46.7 Å². The Morgan fingerprint density at radius 2 is 2.04 bits per heavy atom. The fourth-order valence-corrected chi connectivity index (χ4v) is 3.20. The molecule has 5 heteroatoms. The third-order valence-electron chi connectivity index (χ3n) is 4.76. The van der Waals surface area contributed by atoms with Gasteiger partial charge in [-0.1, -0.05) is 18.2 Å². The molecule has 1 aromatic rings. The molecule has 1 aliphatic rings. The Labute approximate surface area is 157 Å². The molecule has 1 amide bonds. The minimum atomic E-state index is -0.335. The summed E-state index contributed by atoms with van der Waals surface area (Å²) in [5.41, 5.74) is 4.03. The minimum absolute atomic E-state index is 0.111. The molecule has 0 saturated carbocycles. The van der Waals surface area contributed by atoms with Gasteiger partial charge in [-0.05, 0) is 76.4 Å². The van der Waals surface area contributed by atoms with Crippen molar-refractivity contribution in [3.63, 3.8) is 0 Å². The Kier molecular flexibility index (Phi) is 7.68. The number of nitrogens with one attached hydrogen (secondary N) is 2. The van der Waals surface area contributed by atoms with Gasteiger partial charge in [0.05, 0.1) is 6.04 Å². The van der Waals surface area contributed by atoms with Crippen LogP contribution in [0.4, 0.5) is 0 Å². The Morgan fingerprint density at radius 3 is 2.73 bits per heavy atom. The van der Waals surface area contributed by atoms with Crippen molar-refractivity contribution in [2.75, 3.05) is 27.2 Å². The lowest BCUT2D eigenvalue weighted by Crippen LogP contribution is -2.29. The van der Waals surface area contributed by atoms with Crippen LogP contribution in [0, 0.1) is 11.3 Å². The summed E-state index contributed by atoms with van der Waals surface area (Å²) in [6, 6.07) is 8.33. The van der Waals surface area contributed by atoms with Gasteiger partial charge in [-0.15, -0.1) is 0 Å². The standard InChI is InChI=1S/C21H30N4O/c1-16(18-10-9-17-7-4-5-8-19(17)13-18)24-21(26)20(14-22)15-23-11-6-12-25(2)3/h9-10,13,15-16,23H,4-8,11-12H2,1-3H3,(H,24,26)/b20-15-. The van der Waals surface area contributed by atoms with Crippen molar-refractivity contribution in [1.82, 2.24) is 15.5 Å². The molecule has 1 aromatic carbocycles. The summed E-state index contributed by atoms with van der Waals surface area (Å²) in [4.78, 5) is 14.5. The topological polar surface area (TPSA) is 68.2 Å². The van der Waals surface area contributed by atoms with Gasteiger partial charge >= 0.3 is 0 Å². The first-order valence-corrected chi connectivity index (χ1v) is 9.42. The second-order valence-electron chi connectivity index (χ2n) is 7.21. The van der Waals surface area contributed by atoms with Gasteiger partial charge in [0.1, 0.15) is 11.6 Å². The summed E-state index contributed by atoms with van der Waals surface area (Å²) in [7, 11) is 4.04. The summed E-state index contributed by atoms with van der Waals surface area (Å²) in [6.45, 7) is 3.66. The van der Waals surface area contributed by atoms with E-state index in [1.807, 2.05) is 27.1 Å². The molecule has 140 valence electrons. The van der Waals surface area contributed by atoms with E-state index in [0.717, 1.165) is 37.9 Å². The summed E-state index contributed by atoms with van der Waals surface area (Å²) in [5, 5.41) is 15.2. The van der Waals surface area contributed by atoms with E-state index in [1.165, 1.54) is 30.2 Å². The Bertz CT molecular complexity index is 688. The van der Waals surface area contributed by atoms with Crippen molar-refractivity contribution < 1.29 is 4.79 Å². The number of nitrogens with zero attached hydrogens (tertiary/aromatic N) is 2. The second kappa shape index (κ2) is 9.98. The average Bonchev–Trinajstić information content (AvgIpc) is 2.63. The Hall–Kier alpha value is -2.32. The molecule has 0 aliphatic heterocycles. The van der Waals surface area contributed by atoms with Crippen LogP contribution in [0.25, 0.3) is 0 Å². The molecule has 1 aliphatic carbocycles. The highest BCUT2D eigenvalue weighted by Crippen LogP contribution is 2.24. The van der Waals surface area contributed by atoms with Gasteiger partial charge in [0.25, 0.3) is 5.91 Å². The van der Waals surface area contributed by atoms with Crippen LogP contribution in [0.15, 0.2) is 30.0 Å². The Balaban J connectivity index is 1.91. The summed E-state index contributed by atoms with van der Waals surface area (Å²) in [5.74, 6) is -0.335. The molecule has 0 fully saturated rings. The number of benzene rings is 1. The summed E-state index contributed by atoms with van der Waals surface area (Å²) < 4.78 is 0. The molecule has 1 atom stereocenters. The van der Waals surface area contributed by atoms with E-state index >= 15 is 0 Å². The zero-order chi connectivity index (χ0) is 18.9. The van der Waals surface area contributed by atoms with Crippen LogP contribution in [0.2, 0.25) is 0 Å². The van der Waals surface area contributed by atoms with Gasteiger partial charge in [0.15, 0.2) is 0 Å². The van der Waals surface area contributed by atoms with Gasteiger partial charge in [-0.25, -0.2) is 0 Å². The van der Waals surface area contributed by atoms with Gasteiger partial charge in [0, 0.05) is 12.7 Å². The highest BCUT2D eigenvalue weighted by Gasteiger charge is 2.16. The first kappa shape index (κ1) is 20.0. The first-order valence-electron chi connectivity index (χ1n) is 9.42. The van der Waals surface area contributed by atoms with Crippen LogP contribution >= 0.6 is 0 Å². The molecule has 2 N–H and O–H groups in total. The van der Waals surface area contributed by atoms with Crippen molar-refractivity contribution in [2.24, 2.45) is 0 Å². The number of amides is 1. The van der Waals surface area contributed by atoms with Crippen LogP contribution in [-0.2, 0) is 17.6 Å². The maximum absolute atomic E-state index is 12.4. The van der Waals surface area contributed by atoms with Crippen LogP contribution in [-0.4, -0.2) is 38.0 Å². The molecule has 0 radical (unpaired) electrons. The monoisotopic (exact) mass is 354 g/mol. The van der Waals surface area contributed by atoms with Crippen LogP contribution < -0.4 is 10.6 Å². The third-order valence-corrected chi connectivity index (χ3v) is 4.76.